The lowest BCUT2D eigenvalue weighted by Gasteiger charge is -2.27. The van der Waals surface area contributed by atoms with Crippen LogP contribution >= 0.6 is 0 Å². The summed E-state index contributed by atoms with van der Waals surface area (Å²) in [6.07, 6.45) is 1.74. The van der Waals surface area contributed by atoms with E-state index in [9.17, 15) is 13.2 Å². The highest BCUT2D eigenvalue weighted by molar-refractivity contribution is 7.86. The molecule has 2 aromatic carbocycles. The molecule has 0 bridgehead atoms. The van der Waals surface area contributed by atoms with E-state index in [2.05, 4.69) is 0 Å². The van der Waals surface area contributed by atoms with Crippen LogP contribution in [0.15, 0.2) is 54.6 Å². The molecule has 2 N–H and O–H groups in total. The summed E-state index contributed by atoms with van der Waals surface area (Å²) >= 11 is 0. The molecule has 0 aliphatic carbocycles. The lowest BCUT2D eigenvalue weighted by molar-refractivity contribution is -0.148. The third kappa shape index (κ3) is 7.87. The highest BCUT2D eigenvalue weighted by Gasteiger charge is 2.26. The van der Waals surface area contributed by atoms with Gasteiger partial charge in [0.05, 0.1) is 18.8 Å². The van der Waals surface area contributed by atoms with Gasteiger partial charge in [0.2, 0.25) is 0 Å². The smallest absolute Gasteiger partial charge is 0.306 e. The van der Waals surface area contributed by atoms with Crippen molar-refractivity contribution in [3.05, 3.63) is 65.7 Å². The summed E-state index contributed by atoms with van der Waals surface area (Å²) in [5, 5.41) is 0. The molecule has 0 spiro atoms. The molecule has 0 aliphatic heterocycles. The fourth-order valence-corrected chi connectivity index (χ4v) is 3.75. The van der Waals surface area contributed by atoms with E-state index in [4.69, 9.17) is 14.7 Å². The number of carbonyl (C=O) groups is 1. The average molecular weight is 420 g/mol. The minimum absolute atomic E-state index is 0.0330. The molecule has 0 saturated carbocycles. The molecule has 2 atom stereocenters. The Morgan fingerprint density at radius 1 is 1.03 bits per heavy atom. The zero-order valence-corrected chi connectivity index (χ0v) is 17.9. The van der Waals surface area contributed by atoms with E-state index < -0.39 is 10.1 Å². The fourth-order valence-electron chi connectivity index (χ4n) is 3.29. The van der Waals surface area contributed by atoms with E-state index in [0.29, 0.717) is 13.0 Å². The molecule has 158 valence electrons. The second-order valence-electron chi connectivity index (χ2n) is 7.39. The van der Waals surface area contributed by atoms with Crippen LogP contribution in [-0.4, -0.2) is 33.3 Å². The van der Waals surface area contributed by atoms with Crippen molar-refractivity contribution in [1.29, 1.82) is 0 Å². The monoisotopic (exact) mass is 419 g/mol. The largest absolute Gasteiger partial charge is 0.463 e. The summed E-state index contributed by atoms with van der Waals surface area (Å²) in [4.78, 5) is 12.3. The van der Waals surface area contributed by atoms with Gasteiger partial charge in [-0.1, -0.05) is 42.5 Å². The van der Waals surface area contributed by atoms with Crippen LogP contribution in [0.5, 0.6) is 5.75 Å². The van der Waals surface area contributed by atoms with E-state index >= 15 is 0 Å². The van der Waals surface area contributed by atoms with Crippen molar-refractivity contribution in [3.8, 4) is 5.75 Å². The predicted octanol–water partition coefficient (Wildman–Crippen LogP) is 3.27. The minimum atomic E-state index is -3.59. The second kappa shape index (κ2) is 10.4. The van der Waals surface area contributed by atoms with Gasteiger partial charge in [-0.25, -0.2) is 0 Å². The zero-order chi connectivity index (χ0) is 21.4. The van der Waals surface area contributed by atoms with Gasteiger partial charge in [0, 0.05) is 0 Å². The van der Waals surface area contributed by atoms with Gasteiger partial charge in [-0.15, -0.1) is 0 Å². The molecule has 0 saturated heterocycles. The maximum absolute atomic E-state index is 12.3. The Labute approximate surface area is 173 Å². The van der Waals surface area contributed by atoms with Crippen molar-refractivity contribution in [2.75, 3.05) is 12.8 Å². The number of rotatable bonds is 10. The molecule has 2 aromatic rings. The van der Waals surface area contributed by atoms with Gasteiger partial charge in [-0.2, -0.15) is 8.42 Å². The topological polar surface area (TPSA) is 95.7 Å². The lowest BCUT2D eigenvalue weighted by atomic mass is 9.80. The van der Waals surface area contributed by atoms with Gasteiger partial charge in [0.1, 0.15) is 5.75 Å². The van der Waals surface area contributed by atoms with E-state index in [1.54, 1.807) is 12.1 Å². The maximum Gasteiger partial charge on any atom is 0.306 e. The van der Waals surface area contributed by atoms with Crippen molar-refractivity contribution in [3.63, 3.8) is 0 Å². The number of esters is 1. The quantitative estimate of drug-likeness (QED) is 0.469. The van der Waals surface area contributed by atoms with E-state index in [1.807, 2.05) is 56.3 Å². The molecule has 0 amide bonds. The summed E-state index contributed by atoms with van der Waals surface area (Å²) in [7, 11) is -3.59. The minimum Gasteiger partial charge on any atom is -0.463 e. The molecular formula is C22H29NO5S. The molecule has 6 nitrogen and oxygen atoms in total. The standard InChI is InChI=1S/C22H29NO5S/c1-16(2)27-22(24)14-19(15-23)21(13-17-7-5-4-6-8-17)18-9-11-20(12-10-18)28-29(3,25)26/h4-12,16,19,21H,13-15,23H2,1-3H3. The highest BCUT2D eigenvalue weighted by atomic mass is 32.2. The highest BCUT2D eigenvalue weighted by Crippen LogP contribution is 2.32. The first-order valence-corrected chi connectivity index (χ1v) is 11.4. The Morgan fingerprint density at radius 2 is 1.66 bits per heavy atom. The van der Waals surface area contributed by atoms with Crippen LogP contribution in [-0.2, 0) is 26.1 Å². The van der Waals surface area contributed by atoms with Crippen molar-refractivity contribution in [1.82, 2.24) is 0 Å². The number of nitrogens with two attached hydrogens (primary N) is 1. The summed E-state index contributed by atoms with van der Waals surface area (Å²) in [5.41, 5.74) is 8.14. The van der Waals surface area contributed by atoms with Crippen molar-refractivity contribution >= 4 is 16.1 Å². The first-order valence-electron chi connectivity index (χ1n) is 9.61. The Kier molecular flexibility index (Phi) is 8.22. The van der Waals surface area contributed by atoms with Crippen LogP contribution < -0.4 is 9.92 Å². The summed E-state index contributed by atoms with van der Waals surface area (Å²) in [6, 6.07) is 16.9. The van der Waals surface area contributed by atoms with Gasteiger partial charge < -0.3 is 14.7 Å². The second-order valence-corrected chi connectivity index (χ2v) is 8.97. The van der Waals surface area contributed by atoms with Gasteiger partial charge in [0.25, 0.3) is 0 Å². The Morgan fingerprint density at radius 3 is 2.17 bits per heavy atom. The number of hydrogen-bond donors (Lipinski definition) is 1. The summed E-state index contributed by atoms with van der Waals surface area (Å²) < 4.78 is 32.9. The molecule has 29 heavy (non-hydrogen) atoms. The fraction of sp³-hybridized carbons (Fsp3) is 0.409. The van der Waals surface area contributed by atoms with Gasteiger partial charge >= 0.3 is 16.1 Å². The SMILES string of the molecule is CC(C)OC(=O)CC(CN)C(Cc1ccccc1)c1ccc(OS(C)(=O)=O)cc1. The van der Waals surface area contributed by atoms with Crippen LogP contribution in [0, 0.1) is 5.92 Å². The number of benzene rings is 2. The molecule has 0 aliphatic rings. The third-order valence-corrected chi connectivity index (χ3v) is 5.02. The first kappa shape index (κ1) is 22.9. The predicted molar refractivity (Wildman–Crippen MR) is 113 cm³/mol. The molecule has 0 heterocycles. The number of carbonyl (C=O) groups excluding carboxylic acids is 1. The van der Waals surface area contributed by atoms with Crippen LogP contribution in [0.1, 0.15) is 37.3 Å². The molecule has 2 rings (SSSR count). The molecular weight excluding hydrogens is 390 g/mol. The summed E-state index contributed by atoms with van der Waals surface area (Å²) in [5.74, 6) is -0.179. The normalized spacial score (nSPS) is 13.7. The maximum atomic E-state index is 12.3. The average Bonchev–Trinajstić information content (AvgIpc) is 2.64. The van der Waals surface area contributed by atoms with Crippen molar-refractivity contribution in [2.45, 2.75) is 38.7 Å². The first-order chi connectivity index (χ1) is 13.7. The zero-order valence-electron chi connectivity index (χ0n) is 17.1. The molecule has 0 aromatic heterocycles. The number of hydrogen-bond acceptors (Lipinski definition) is 6. The van der Waals surface area contributed by atoms with Crippen LogP contribution in [0.25, 0.3) is 0 Å². The van der Waals surface area contributed by atoms with Crippen LogP contribution in [0.2, 0.25) is 0 Å². The number of ether oxygens (including phenoxy) is 1. The van der Waals surface area contributed by atoms with E-state index in [-0.39, 0.29) is 36.1 Å². The van der Waals surface area contributed by atoms with Crippen LogP contribution in [0.3, 0.4) is 0 Å². The van der Waals surface area contributed by atoms with Crippen molar-refractivity contribution in [2.24, 2.45) is 11.7 Å². The van der Waals surface area contributed by atoms with Crippen molar-refractivity contribution < 1.29 is 22.1 Å². The molecule has 2 unspecified atom stereocenters. The van der Waals surface area contributed by atoms with E-state index in [0.717, 1.165) is 17.4 Å². The van der Waals surface area contributed by atoms with Gasteiger partial charge in [0.15, 0.2) is 0 Å². The molecule has 0 radical (unpaired) electrons. The van der Waals surface area contributed by atoms with Crippen LogP contribution in [0.4, 0.5) is 0 Å². The Bertz CT molecular complexity index is 879. The Balaban J connectivity index is 2.29. The third-order valence-electron chi connectivity index (χ3n) is 4.52. The van der Waals surface area contributed by atoms with Gasteiger partial charge in [-0.05, 0) is 61.9 Å². The Hall–Kier alpha value is -2.38. The van der Waals surface area contributed by atoms with E-state index in [1.165, 1.54) is 0 Å². The summed E-state index contributed by atoms with van der Waals surface area (Å²) in [6.45, 7) is 3.96. The molecule has 7 heteroatoms. The molecule has 0 fully saturated rings. The lowest BCUT2D eigenvalue weighted by Crippen LogP contribution is -2.28. The van der Waals surface area contributed by atoms with Gasteiger partial charge in [-0.3, -0.25) is 4.79 Å².